The molecule has 0 heterocycles. The molecule has 32 heavy (non-hydrogen) atoms. The topological polar surface area (TPSA) is 111 Å². The Labute approximate surface area is 181 Å². The Bertz CT molecular complexity index is 1110. The first-order valence-electron chi connectivity index (χ1n) is 8.82. The number of benzene rings is 2. The molecule has 2 rings (SSSR count). The molecular weight excluding hydrogens is 453 g/mol. The van der Waals surface area contributed by atoms with Gasteiger partial charge in [-0.15, -0.1) is 19.6 Å². The van der Waals surface area contributed by atoms with Crippen LogP contribution in [0.25, 0.3) is 0 Å². The van der Waals surface area contributed by atoms with Crippen molar-refractivity contribution in [2.45, 2.75) is 17.8 Å². The monoisotopic (exact) mass is 470 g/mol. The molecule has 0 fully saturated rings. The van der Waals surface area contributed by atoms with E-state index in [0.717, 1.165) is 18.2 Å². The molecule has 2 N–H and O–H groups in total. The maximum Gasteiger partial charge on any atom is 0.573 e. The van der Waals surface area contributed by atoms with E-state index in [1.807, 2.05) is 0 Å². The number of nitrogens with one attached hydrogen (secondary N) is 2. The zero-order chi connectivity index (χ0) is 23.8. The third-order valence-corrected chi connectivity index (χ3v) is 5.19. The van der Waals surface area contributed by atoms with E-state index in [9.17, 15) is 31.2 Å². The van der Waals surface area contributed by atoms with Crippen molar-refractivity contribution < 1.29 is 40.7 Å². The summed E-state index contributed by atoms with van der Waals surface area (Å²) in [7, 11) is -3.83. The van der Waals surface area contributed by atoms with Gasteiger partial charge in [0.15, 0.2) is 6.61 Å². The van der Waals surface area contributed by atoms with Crippen LogP contribution in [0.4, 0.5) is 13.2 Å². The summed E-state index contributed by atoms with van der Waals surface area (Å²) in [5.74, 6) is -0.0108. The number of para-hydroxylation sites is 1. The number of esters is 1. The van der Waals surface area contributed by atoms with Gasteiger partial charge in [-0.05, 0) is 30.3 Å². The molecular formula is C20H17F3N2O6S. The molecule has 2 aromatic rings. The van der Waals surface area contributed by atoms with Gasteiger partial charge in [-0.25, -0.2) is 13.2 Å². The molecule has 0 saturated carbocycles. The second-order valence-electron chi connectivity index (χ2n) is 6.06. The Morgan fingerprint density at radius 1 is 1.06 bits per heavy atom. The van der Waals surface area contributed by atoms with Crippen LogP contribution in [0, 0.1) is 12.3 Å². The fraction of sp³-hybridized carbons (Fsp3) is 0.200. The number of sulfonamides is 1. The normalized spacial score (nSPS) is 11.3. The van der Waals surface area contributed by atoms with Crippen molar-refractivity contribution in [2.75, 3.05) is 13.2 Å². The van der Waals surface area contributed by atoms with Gasteiger partial charge in [0.25, 0.3) is 5.91 Å². The molecule has 12 heteroatoms. The molecule has 170 valence electrons. The summed E-state index contributed by atoms with van der Waals surface area (Å²) < 4.78 is 72.0. The zero-order valence-electron chi connectivity index (χ0n) is 16.3. The van der Waals surface area contributed by atoms with Crippen LogP contribution in [0.3, 0.4) is 0 Å². The molecule has 0 aliphatic carbocycles. The number of carbonyl (C=O) groups is 2. The van der Waals surface area contributed by atoms with Gasteiger partial charge in [0.1, 0.15) is 5.75 Å². The van der Waals surface area contributed by atoms with E-state index in [0.29, 0.717) is 0 Å². The number of halogens is 3. The number of rotatable bonds is 9. The van der Waals surface area contributed by atoms with Crippen LogP contribution < -0.4 is 14.8 Å². The van der Waals surface area contributed by atoms with Crippen LogP contribution in [0.1, 0.15) is 15.9 Å². The molecule has 0 saturated heterocycles. The first-order chi connectivity index (χ1) is 15.0. The molecule has 0 aliphatic rings. The minimum Gasteiger partial charge on any atom is -0.452 e. The van der Waals surface area contributed by atoms with Crippen LogP contribution in [-0.4, -0.2) is 39.8 Å². The summed E-state index contributed by atoms with van der Waals surface area (Å²) in [6, 6.07) is 9.94. The quantitative estimate of drug-likeness (QED) is 0.428. The van der Waals surface area contributed by atoms with E-state index in [1.54, 1.807) is 0 Å². The fourth-order valence-electron chi connectivity index (χ4n) is 2.32. The number of terminal acetylenes is 1. The van der Waals surface area contributed by atoms with Gasteiger partial charge in [0.05, 0.1) is 17.0 Å². The second-order valence-corrected chi connectivity index (χ2v) is 7.83. The standard InChI is InChI=1S/C20H17F3N2O6S/c1-2-11-25-32(28,29)16-9-7-14(8-10-16)19(27)30-13-18(26)24-12-15-5-3-4-6-17(15)31-20(21,22)23/h1,3-10,25H,11-13H2,(H,24,26). The Kier molecular flexibility index (Phi) is 8.22. The highest BCUT2D eigenvalue weighted by Gasteiger charge is 2.32. The van der Waals surface area contributed by atoms with Crippen LogP contribution in [-0.2, 0) is 26.1 Å². The van der Waals surface area contributed by atoms with Crippen molar-refractivity contribution >= 4 is 21.9 Å². The van der Waals surface area contributed by atoms with E-state index in [4.69, 9.17) is 11.2 Å². The summed E-state index contributed by atoms with van der Waals surface area (Å²) in [4.78, 5) is 23.8. The molecule has 8 nitrogen and oxygen atoms in total. The number of amides is 1. The second kappa shape index (κ2) is 10.7. The van der Waals surface area contributed by atoms with E-state index >= 15 is 0 Å². The van der Waals surface area contributed by atoms with Crippen LogP contribution >= 0.6 is 0 Å². The molecule has 2 aromatic carbocycles. The predicted octanol–water partition coefficient (Wildman–Crippen LogP) is 1.97. The minimum absolute atomic E-state index is 0.0161. The maximum absolute atomic E-state index is 12.4. The summed E-state index contributed by atoms with van der Waals surface area (Å²) in [6.07, 6.45) is 0.112. The third kappa shape index (κ3) is 7.60. The molecule has 0 unspecified atom stereocenters. The summed E-state index contributed by atoms with van der Waals surface area (Å²) in [5.41, 5.74) is 0.0531. The Balaban J connectivity index is 1.89. The van der Waals surface area contributed by atoms with Crippen molar-refractivity contribution in [3.05, 3.63) is 59.7 Å². The van der Waals surface area contributed by atoms with E-state index in [-0.39, 0.29) is 29.1 Å². The number of carbonyl (C=O) groups excluding carboxylic acids is 2. The third-order valence-electron chi connectivity index (χ3n) is 3.77. The van der Waals surface area contributed by atoms with Crippen molar-refractivity contribution in [3.63, 3.8) is 0 Å². The minimum atomic E-state index is -4.89. The largest absolute Gasteiger partial charge is 0.573 e. The zero-order valence-corrected chi connectivity index (χ0v) is 17.1. The molecule has 0 atom stereocenters. The maximum atomic E-state index is 12.4. The highest BCUT2D eigenvalue weighted by molar-refractivity contribution is 7.89. The first-order valence-corrected chi connectivity index (χ1v) is 10.3. The van der Waals surface area contributed by atoms with Gasteiger partial charge in [-0.2, -0.15) is 4.72 Å². The van der Waals surface area contributed by atoms with E-state index in [2.05, 4.69) is 20.7 Å². The molecule has 0 spiro atoms. The summed E-state index contributed by atoms with van der Waals surface area (Å²) >= 11 is 0. The van der Waals surface area contributed by atoms with Crippen molar-refractivity contribution in [1.29, 1.82) is 0 Å². The van der Waals surface area contributed by atoms with Crippen LogP contribution in [0.2, 0.25) is 0 Å². The van der Waals surface area contributed by atoms with Crippen LogP contribution in [0.15, 0.2) is 53.4 Å². The van der Waals surface area contributed by atoms with E-state index < -0.39 is 40.6 Å². The summed E-state index contributed by atoms with van der Waals surface area (Å²) in [5, 5.41) is 2.31. The van der Waals surface area contributed by atoms with Gasteiger partial charge in [-0.1, -0.05) is 24.1 Å². The number of hydrogen-bond donors (Lipinski definition) is 2. The molecule has 0 aliphatic heterocycles. The number of alkyl halides is 3. The van der Waals surface area contributed by atoms with Crippen LogP contribution in [0.5, 0.6) is 5.75 Å². The van der Waals surface area contributed by atoms with Gasteiger partial charge >= 0.3 is 12.3 Å². The molecule has 1 amide bonds. The molecule has 0 aromatic heterocycles. The lowest BCUT2D eigenvalue weighted by atomic mass is 10.2. The van der Waals surface area contributed by atoms with Crippen molar-refractivity contribution in [1.82, 2.24) is 10.0 Å². The highest BCUT2D eigenvalue weighted by Crippen LogP contribution is 2.26. The first kappa shape index (κ1) is 24.7. The Morgan fingerprint density at radius 3 is 2.34 bits per heavy atom. The van der Waals surface area contributed by atoms with Gasteiger partial charge < -0.3 is 14.8 Å². The average molecular weight is 470 g/mol. The van der Waals surface area contributed by atoms with Gasteiger partial charge in [0.2, 0.25) is 10.0 Å². The Hall–Kier alpha value is -3.56. The lowest BCUT2D eigenvalue weighted by Crippen LogP contribution is -2.29. The predicted molar refractivity (Wildman–Crippen MR) is 106 cm³/mol. The Morgan fingerprint density at radius 2 is 1.72 bits per heavy atom. The smallest absolute Gasteiger partial charge is 0.452 e. The lowest BCUT2D eigenvalue weighted by Gasteiger charge is -2.13. The number of hydrogen-bond acceptors (Lipinski definition) is 6. The van der Waals surface area contributed by atoms with E-state index in [1.165, 1.54) is 30.3 Å². The van der Waals surface area contributed by atoms with Gasteiger partial charge in [0, 0.05) is 12.1 Å². The lowest BCUT2D eigenvalue weighted by molar-refractivity contribution is -0.274. The van der Waals surface area contributed by atoms with Crippen molar-refractivity contribution in [2.24, 2.45) is 0 Å². The molecule has 0 radical (unpaired) electrons. The highest BCUT2D eigenvalue weighted by atomic mass is 32.2. The SMILES string of the molecule is C#CCNS(=O)(=O)c1ccc(C(=O)OCC(=O)NCc2ccccc2OC(F)(F)F)cc1. The average Bonchev–Trinajstić information content (AvgIpc) is 2.74. The molecule has 0 bridgehead atoms. The fourth-order valence-corrected chi connectivity index (χ4v) is 3.26. The number of ether oxygens (including phenoxy) is 2. The van der Waals surface area contributed by atoms with Gasteiger partial charge in [-0.3, -0.25) is 4.79 Å². The summed E-state index contributed by atoms with van der Waals surface area (Å²) in [6.45, 7) is -1.20. The van der Waals surface area contributed by atoms with Crippen molar-refractivity contribution in [3.8, 4) is 18.1 Å².